The molecule has 1 saturated carbocycles. The van der Waals surface area contributed by atoms with Crippen LogP contribution in [0.5, 0.6) is 0 Å². The molecule has 1 fully saturated rings. The summed E-state index contributed by atoms with van der Waals surface area (Å²) in [4.78, 5) is 11.8. The van der Waals surface area contributed by atoms with Gasteiger partial charge in [-0.1, -0.05) is 23.2 Å². The van der Waals surface area contributed by atoms with Crippen LogP contribution in [0.25, 0.3) is 0 Å². The van der Waals surface area contributed by atoms with Crippen molar-refractivity contribution in [3.05, 3.63) is 28.2 Å². The van der Waals surface area contributed by atoms with Crippen LogP contribution in [0.4, 0.5) is 0 Å². The van der Waals surface area contributed by atoms with E-state index in [0.29, 0.717) is 10.0 Å². The number of hydrogen-bond acceptors (Lipinski definition) is 2. The average molecular weight is 291 g/mol. The fourth-order valence-corrected chi connectivity index (χ4v) is 3.26. The molecule has 0 aromatic heterocycles. The van der Waals surface area contributed by atoms with E-state index >= 15 is 0 Å². The summed E-state index contributed by atoms with van der Waals surface area (Å²) in [6.45, 7) is 0. The molecule has 1 aromatic rings. The van der Waals surface area contributed by atoms with Crippen molar-refractivity contribution in [3.63, 3.8) is 0 Å². The zero-order valence-corrected chi connectivity index (χ0v) is 11.4. The molecule has 0 unspecified atom stereocenters. The fourth-order valence-electron chi connectivity index (χ4n) is 1.67. The number of carbonyl (C=O) groups is 1. The summed E-state index contributed by atoms with van der Waals surface area (Å²) in [6, 6.07) is 5.50. The van der Waals surface area contributed by atoms with E-state index in [9.17, 15) is 4.79 Å². The van der Waals surface area contributed by atoms with Gasteiger partial charge in [-0.25, -0.2) is 0 Å². The minimum Gasteiger partial charge on any atom is -0.481 e. The quantitative estimate of drug-likeness (QED) is 0.820. The highest BCUT2D eigenvalue weighted by molar-refractivity contribution is 7.99. The van der Waals surface area contributed by atoms with Crippen molar-refractivity contribution in [3.8, 4) is 0 Å². The summed E-state index contributed by atoms with van der Waals surface area (Å²) < 4.78 is 0. The smallest absolute Gasteiger partial charge is 0.303 e. The molecule has 2 rings (SSSR count). The Hall–Kier alpha value is -0.380. The Balaban J connectivity index is 1.94. The lowest BCUT2D eigenvalue weighted by Gasteiger charge is -2.11. The molecule has 5 heteroatoms. The lowest BCUT2D eigenvalue weighted by molar-refractivity contribution is -0.138. The van der Waals surface area contributed by atoms with Crippen LogP contribution >= 0.6 is 35.0 Å². The Morgan fingerprint density at radius 1 is 1.35 bits per heavy atom. The molecule has 1 aliphatic rings. The van der Waals surface area contributed by atoms with Crippen LogP contribution in [-0.2, 0) is 4.79 Å². The first-order valence-electron chi connectivity index (χ1n) is 5.30. The monoisotopic (exact) mass is 290 g/mol. The van der Waals surface area contributed by atoms with E-state index in [1.807, 2.05) is 12.1 Å². The molecular weight excluding hydrogens is 279 g/mol. The zero-order valence-electron chi connectivity index (χ0n) is 9.08. The first-order chi connectivity index (χ1) is 8.01. The summed E-state index contributed by atoms with van der Waals surface area (Å²) >= 11 is 13.4. The second-order valence-corrected chi connectivity index (χ2v) is 6.30. The second-order valence-electron chi connectivity index (χ2n) is 4.44. The van der Waals surface area contributed by atoms with Gasteiger partial charge in [0.1, 0.15) is 0 Å². The molecule has 0 radical (unpaired) electrons. The zero-order chi connectivity index (χ0) is 12.5. The van der Waals surface area contributed by atoms with E-state index < -0.39 is 5.97 Å². The highest BCUT2D eigenvalue weighted by Crippen LogP contribution is 2.52. The number of halogens is 2. The molecular formula is C12H12Cl2O2S. The molecule has 0 heterocycles. The Bertz CT molecular complexity index is 444. The fraction of sp³-hybridized carbons (Fsp3) is 0.417. The Labute approximate surface area is 114 Å². The van der Waals surface area contributed by atoms with Gasteiger partial charge in [-0.2, -0.15) is 0 Å². The SMILES string of the molecule is O=C(O)CC1(CSc2ccc(Cl)c(Cl)c2)CC1. The van der Waals surface area contributed by atoms with Gasteiger partial charge in [0.25, 0.3) is 0 Å². The number of rotatable bonds is 5. The minimum atomic E-state index is -0.711. The van der Waals surface area contributed by atoms with E-state index in [-0.39, 0.29) is 11.8 Å². The molecule has 1 aliphatic carbocycles. The maximum atomic E-state index is 10.7. The van der Waals surface area contributed by atoms with Crippen LogP contribution in [0.2, 0.25) is 10.0 Å². The molecule has 0 spiro atoms. The Morgan fingerprint density at radius 2 is 2.06 bits per heavy atom. The summed E-state index contributed by atoms with van der Waals surface area (Å²) in [7, 11) is 0. The van der Waals surface area contributed by atoms with Crippen molar-refractivity contribution in [2.75, 3.05) is 5.75 Å². The van der Waals surface area contributed by atoms with E-state index in [1.54, 1.807) is 17.8 Å². The van der Waals surface area contributed by atoms with Crippen LogP contribution < -0.4 is 0 Å². The van der Waals surface area contributed by atoms with Crippen LogP contribution in [0.1, 0.15) is 19.3 Å². The van der Waals surface area contributed by atoms with Crippen LogP contribution in [0, 0.1) is 5.41 Å². The molecule has 0 atom stereocenters. The highest BCUT2D eigenvalue weighted by atomic mass is 35.5. The van der Waals surface area contributed by atoms with Crippen molar-refractivity contribution in [2.24, 2.45) is 5.41 Å². The average Bonchev–Trinajstić information content (AvgIpc) is 2.99. The van der Waals surface area contributed by atoms with Gasteiger partial charge in [0, 0.05) is 10.6 Å². The number of hydrogen-bond donors (Lipinski definition) is 1. The van der Waals surface area contributed by atoms with Gasteiger partial charge in [0.05, 0.1) is 16.5 Å². The van der Waals surface area contributed by atoms with E-state index in [1.165, 1.54) is 0 Å². The van der Waals surface area contributed by atoms with Crippen LogP contribution in [-0.4, -0.2) is 16.8 Å². The van der Waals surface area contributed by atoms with Gasteiger partial charge in [-0.15, -0.1) is 11.8 Å². The first kappa shape index (κ1) is 13.1. The molecule has 1 aromatic carbocycles. The maximum Gasteiger partial charge on any atom is 0.303 e. The molecule has 0 saturated heterocycles. The highest BCUT2D eigenvalue weighted by Gasteiger charge is 2.44. The number of thioether (sulfide) groups is 1. The van der Waals surface area contributed by atoms with Crippen molar-refractivity contribution < 1.29 is 9.90 Å². The third kappa shape index (κ3) is 3.54. The number of aliphatic carboxylic acids is 1. The third-order valence-electron chi connectivity index (χ3n) is 2.92. The molecule has 1 N–H and O–H groups in total. The maximum absolute atomic E-state index is 10.7. The molecule has 0 aliphatic heterocycles. The van der Waals surface area contributed by atoms with Crippen molar-refractivity contribution in [1.29, 1.82) is 0 Å². The van der Waals surface area contributed by atoms with Crippen LogP contribution in [0.15, 0.2) is 23.1 Å². The van der Waals surface area contributed by atoms with Gasteiger partial charge < -0.3 is 5.11 Å². The molecule has 2 nitrogen and oxygen atoms in total. The van der Waals surface area contributed by atoms with E-state index in [4.69, 9.17) is 28.3 Å². The molecule has 0 amide bonds. The molecule has 0 bridgehead atoms. The first-order valence-corrected chi connectivity index (χ1v) is 7.05. The van der Waals surface area contributed by atoms with Crippen molar-refractivity contribution in [1.82, 2.24) is 0 Å². The van der Waals surface area contributed by atoms with E-state index in [2.05, 4.69) is 0 Å². The number of carboxylic acids is 1. The summed E-state index contributed by atoms with van der Waals surface area (Å²) in [6.07, 6.45) is 2.28. The number of benzene rings is 1. The molecule has 17 heavy (non-hydrogen) atoms. The lowest BCUT2D eigenvalue weighted by atomic mass is 10.1. The third-order valence-corrected chi connectivity index (χ3v) is 5.00. The minimum absolute atomic E-state index is 0.00259. The summed E-state index contributed by atoms with van der Waals surface area (Å²) in [5.41, 5.74) is 0.00259. The molecule has 92 valence electrons. The summed E-state index contributed by atoms with van der Waals surface area (Å²) in [5.74, 6) is 0.120. The predicted octanol–water partition coefficient (Wildman–Crippen LogP) is 4.34. The largest absolute Gasteiger partial charge is 0.481 e. The van der Waals surface area contributed by atoms with Crippen molar-refractivity contribution in [2.45, 2.75) is 24.2 Å². The van der Waals surface area contributed by atoms with Gasteiger partial charge in [-0.05, 0) is 36.5 Å². The van der Waals surface area contributed by atoms with Gasteiger partial charge in [0.15, 0.2) is 0 Å². The van der Waals surface area contributed by atoms with E-state index in [0.717, 1.165) is 23.5 Å². The van der Waals surface area contributed by atoms with Crippen LogP contribution in [0.3, 0.4) is 0 Å². The standard InChI is InChI=1S/C12H12Cl2O2S/c13-9-2-1-8(5-10(9)14)17-7-12(3-4-12)6-11(15)16/h1-2,5H,3-4,6-7H2,(H,15,16). The van der Waals surface area contributed by atoms with Crippen molar-refractivity contribution >= 4 is 40.9 Å². The van der Waals surface area contributed by atoms with Gasteiger partial charge in [0.2, 0.25) is 0 Å². The summed E-state index contributed by atoms with van der Waals surface area (Å²) in [5, 5.41) is 9.90. The lowest BCUT2D eigenvalue weighted by Crippen LogP contribution is -2.10. The Kier molecular flexibility index (Phi) is 3.91. The second kappa shape index (κ2) is 5.09. The predicted molar refractivity (Wildman–Crippen MR) is 71.1 cm³/mol. The topological polar surface area (TPSA) is 37.3 Å². The number of carboxylic acid groups (broad SMARTS) is 1. The van der Waals surface area contributed by atoms with Gasteiger partial charge in [-0.3, -0.25) is 4.79 Å². The Morgan fingerprint density at radius 3 is 2.59 bits per heavy atom. The van der Waals surface area contributed by atoms with Gasteiger partial charge >= 0.3 is 5.97 Å². The normalized spacial score (nSPS) is 16.8.